The first-order chi connectivity index (χ1) is 5.50. The van der Waals surface area contributed by atoms with E-state index in [0.717, 1.165) is 0 Å². The summed E-state index contributed by atoms with van der Waals surface area (Å²) in [6, 6.07) is 0. The Kier molecular flexibility index (Phi) is 5.09. The number of carbonyl (C=O) groups is 1. The molecule has 3 heteroatoms. The predicted molar refractivity (Wildman–Crippen MR) is 47.2 cm³/mol. The first kappa shape index (κ1) is 11.6. The minimum Gasteiger partial charge on any atom is -0.382 e. The maximum Gasteiger partial charge on any atom is 0.137 e. The van der Waals surface area contributed by atoms with E-state index in [9.17, 15) is 4.79 Å². The minimum atomic E-state index is -0.367. The molecule has 0 radical (unpaired) electrons. The summed E-state index contributed by atoms with van der Waals surface area (Å²) >= 11 is 0. The molecule has 0 heterocycles. The van der Waals surface area contributed by atoms with Gasteiger partial charge < -0.3 is 9.47 Å². The van der Waals surface area contributed by atoms with Gasteiger partial charge in [0.2, 0.25) is 0 Å². The van der Waals surface area contributed by atoms with Gasteiger partial charge in [-0.25, -0.2) is 0 Å². The summed E-state index contributed by atoms with van der Waals surface area (Å²) in [6.45, 7) is 6.93. The van der Waals surface area contributed by atoms with E-state index in [2.05, 4.69) is 0 Å². The third-order valence-corrected chi connectivity index (χ3v) is 1.85. The summed E-state index contributed by atoms with van der Waals surface area (Å²) in [6.07, 6.45) is 0. The van der Waals surface area contributed by atoms with Crippen LogP contribution in [0.1, 0.15) is 20.8 Å². The molecule has 72 valence electrons. The van der Waals surface area contributed by atoms with E-state index >= 15 is 0 Å². The van der Waals surface area contributed by atoms with E-state index < -0.39 is 0 Å². The lowest BCUT2D eigenvalue weighted by Crippen LogP contribution is -2.28. The van der Waals surface area contributed by atoms with Crippen LogP contribution in [0.4, 0.5) is 0 Å². The molecule has 0 aliphatic carbocycles. The number of hydrogen-bond donors (Lipinski definition) is 0. The Morgan fingerprint density at radius 3 is 2.33 bits per heavy atom. The van der Waals surface area contributed by atoms with Crippen molar-refractivity contribution in [2.45, 2.75) is 20.8 Å². The van der Waals surface area contributed by atoms with Crippen LogP contribution in [0.3, 0.4) is 0 Å². The van der Waals surface area contributed by atoms with Crippen molar-refractivity contribution >= 4 is 5.78 Å². The number of Topliss-reactive ketones (excluding diaryl/α,β-unsaturated/α-hetero) is 1. The largest absolute Gasteiger partial charge is 0.382 e. The van der Waals surface area contributed by atoms with Crippen LogP contribution in [0.15, 0.2) is 0 Å². The summed E-state index contributed by atoms with van der Waals surface area (Å²) in [5, 5.41) is 0. The maximum atomic E-state index is 11.0. The lowest BCUT2D eigenvalue weighted by Gasteiger charge is -2.20. The van der Waals surface area contributed by atoms with Crippen molar-refractivity contribution in [3.8, 4) is 0 Å². The van der Waals surface area contributed by atoms with Gasteiger partial charge in [-0.3, -0.25) is 4.79 Å². The molecule has 0 spiro atoms. The van der Waals surface area contributed by atoms with Crippen molar-refractivity contribution in [3.05, 3.63) is 0 Å². The topological polar surface area (TPSA) is 35.5 Å². The second kappa shape index (κ2) is 5.27. The Morgan fingerprint density at radius 2 is 1.92 bits per heavy atom. The van der Waals surface area contributed by atoms with Gasteiger partial charge in [-0.1, -0.05) is 13.8 Å². The molecule has 0 rings (SSSR count). The zero-order valence-corrected chi connectivity index (χ0v) is 8.35. The highest BCUT2D eigenvalue weighted by Crippen LogP contribution is 2.16. The van der Waals surface area contributed by atoms with Gasteiger partial charge in [-0.05, 0) is 6.92 Å². The molecule has 3 nitrogen and oxygen atoms in total. The first-order valence-electron chi connectivity index (χ1n) is 4.08. The molecule has 0 saturated carbocycles. The second-order valence-corrected chi connectivity index (χ2v) is 3.49. The number of ketones is 1. The van der Waals surface area contributed by atoms with Gasteiger partial charge in [0, 0.05) is 12.5 Å². The zero-order chi connectivity index (χ0) is 9.61. The Bertz CT molecular complexity index is 141. The van der Waals surface area contributed by atoms with Crippen LogP contribution < -0.4 is 0 Å². The molecule has 0 amide bonds. The van der Waals surface area contributed by atoms with Gasteiger partial charge in [-0.15, -0.1) is 0 Å². The number of methoxy groups -OCH3 is 1. The zero-order valence-electron chi connectivity index (χ0n) is 8.35. The van der Waals surface area contributed by atoms with E-state index in [1.54, 1.807) is 14.0 Å². The second-order valence-electron chi connectivity index (χ2n) is 3.49. The summed E-state index contributed by atoms with van der Waals surface area (Å²) < 4.78 is 10.1. The van der Waals surface area contributed by atoms with Gasteiger partial charge in [0.25, 0.3) is 0 Å². The van der Waals surface area contributed by atoms with Crippen LogP contribution in [0.5, 0.6) is 0 Å². The molecule has 0 aromatic carbocycles. The average molecular weight is 174 g/mol. The third-order valence-electron chi connectivity index (χ3n) is 1.85. The lowest BCUT2D eigenvalue weighted by atomic mass is 9.90. The fraction of sp³-hybridized carbons (Fsp3) is 0.889. The number of rotatable bonds is 6. The quantitative estimate of drug-likeness (QED) is 0.569. The third kappa shape index (κ3) is 4.46. The van der Waals surface area contributed by atoms with Gasteiger partial charge in [0.15, 0.2) is 0 Å². The van der Waals surface area contributed by atoms with Crippen molar-refractivity contribution < 1.29 is 14.3 Å². The molecule has 0 aliphatic rings. The van der Waals surface area contributed by atoms with Crippen molar-refractivity contribution in [3.63, 3.8) is 0 Å². The molecule has 0 unspecified atom stereocenters. The van der Waals surface area contributed by atoms with E-state index in [-0.39, 0.29) is 11.2 Å². The molecule has 0 saturated heterocycles. The normalized spacial score (nSPS) is 11.7. The van der Waals surface area contributed by atoms with Crippen LogP contribution >= 0.6 is 0 Å². The molecule has 0 N–H and O–H groups in total. The molecular weight excluding hydrogens is 156 g/mol. The Balaban J connectivity index is 3.54. The number of carbonyl (C=O) groups excluding carboxylic acids is 1. The van der Waals surface area contributed by atoms with Crippen LogP contribution in [-0.4, -0.2) is 32.7 Å². The lowest BCUT2D eigenvalue weighted by molar-refractivity contribution is -0.128. The number of ether oxygens (including phenoxy) is 2. The predicted octanol–water partition coefficient (Wildman–Crippen LogP) is 1.26. The van der Waals surface area contributed by atoms with Gasteiger partial charge >= 0.3 is 0 Å². The molecule has 0 fully saturated rings. The SMILES string of the molecule is COCCOCC(C)(C)C(C)=O. The van der Waals surface area contributed by atoms with Crippen molar-refractivity contribution in [1.29, 1.82) is 0 Å². The first-order valence-corrected chi connectivity index (χ1v) is 4.08. The van der Waals surface area contributed by atoms with Crippen molar-refractivity contribution in [1.82, 2.24) is 0 Å². The summed E-state index contributed by atoms with van der Waals surface area (Å²) in [5.41, 5.74) is -0.367. The smallest absolute Gasteiger partial charge is 0.137 e. The van der Waals surface area contributed by atoms with E-state index in [4.69, 9.17) is 9.47 Å². The molecular formula is C9H18O3. The van der Waals surface area contributed by atoms with E-state index in [0.29, 0.717) is 19.8 Å². The van der Waals surface area contributed by atoms with Gasteiger partial charge in [0.05, 0.1) is 19.8 Å². The molecule has 0 aromatic rings. The maximum absolute atomic E-state index is 11.0. The monoisotopic (exact) mass is 174 g/mol. The highest BCUT2D eigenvalue weighted by molar-refractivity contribution is 5.81. The highest BCUT2D eigenvalue weighted by Gasteiger charge is 2.23. The molecule has 0 bridgehead atoms. The van der Waals surface area contributed by atoms with Crippen molar-refractivity contribution in [2.75, 3.05) is 26.9 Å². The van der Waals surface area contributed by atoms with E-state index in [1.807, 2.05) is 13.8 Å². The van der Waals surface area contributed by atoms with E-state index in [1.165, 1.54) is 0 Å². The molecule has 0 atom stereocenters. The summed E-state index contributed by atoms with van der Waals surface area (Å²) in [5.74, 6) is 0.153. The van der Waals surface area contributed by atoms with Crippen molar-refractivity contribution in [2.24, 2.45) is 5.41 Å². The Hall–Kier alpha value is -0.410. The van der Waals surface area contributed by atoms with Gasteiger partial charge in [-0.2, -0.15) is 0 Å². The molecule has 0 aromatic heterocycles. The standard InChI is InChI=1S/C9H18O3/c1-8(10)9(2,3)7-12-6-5-11-4/h5-7H2,1-4H3. The molecule has 12 heavy (non-hydrogen) atoms. The van der Waals surface area contributed by atoms with Crippen LogP contribution in [0, 0.1) is 5.41 Å². The fourth-order valence-corrected chi connectivity index (χ4v) is 0.571. The Morgan fingerprint density at radius 1 is 1.33 bits per heavy atom. The average Bonchev–Trinajstić information content (AvgIpc) is 1.98. The summed E-state index contributed by atoms with van der Waals surface area (Å²) in [4.78, 5) is 11.0. The summed E-state index contributed by atoms with van der Waals surface area (Å²) in [7, 11) is 1.62. The molecule has 0 aliphatic heterocycles. The van der Waals surface area contributed by atoms with Crippen LogP contribution in [0.25, 0.3) is 0 Å². The Labute approximate surface area is 74.0 Å². The highest BCUT2D eigenvalue weighted by atomic mass is 16.5. The number of hydrogen-bond acceptors (Lipinski definition) is 3. The van der Waals surface area contributed by atoms with Crippen LogP contribution in [-0.2, 0) is 14.3 Å². The fourth-order valence-electron chi connectivity index (χ4n) is 0.571. The van der Waals surface area contributed by atoms with Crippen LogP contribution in [0.2, 0.25) is 0 Å². The minimum absolute atomic E-state index is 0.153. The van der Waals surface area contributed by atoms with Gasteiger partial charge in [0.1, 0.15) is 5.78 Å².